The largest absolute Gasteiger partial charge is 0.389 e. The Labute approximate surface area is 48.8 Å². The minimum atomic E-state index is -0.514. The SMILES string of the molecule is C=CC(O)CCC=O. The van der Waals surface area contributed by atoms with E-state index in [9.17, 15) is 4.79 Å². The van der Waals surface area contributed by atoms with Crippen LogP contribution in [0.4, 0.5) is 0 Å². The molecule has 0 aliphatic carbocycles. The first-order valence-electron chi connectivity index (χ1n) is 2.55. The molecule has 46 valence electrons. The second kappa shape index (κ2) is 4.53. The van der Waals surface area contributed by atoms with Gasteiger partial charge in [0.05, 0.1) is 6.10 Å². The normalized spacial score (nSPS) is 12.6. The molecule has 1 N–H and O–H groups in total. The fourth-order valence-corrected chi connectivity index (χ4v) is 0.357. The standard InChI is InChI=1S/C6H10O2/c1-2-6(8)4-3-5-7/h2,5-6,8H,1,3-4H2. The number of hydrogen-bond acceptors (Lipinski definition) is 2. The molecule has 0 radical (unpaired) electrons. The van der Waals surface area contributed by atoms with Gasteiger partial charge in [-0.05, 0) is 6.42 Å². The van der Waals surface area contributed by atoms with Gasteiger partial charge in [0.1, 0.15) is 6.29 Å². The van der Waals surface area contributed by atoms with Gasteiger partial charge in [-0.2, -0.15) is 0 Å². The molecule has 0 aliphatic rings. The summed E-state index contributed by atoms with van der Waals surface area (Å²) in [6.45, 7) is 3.35. The van der Waals surface area contributed by atoms with E-state index in [0.717, 1.165) is 6.29 Å². The molecular formula is C6H10O2. The third kappa shape index (κ3) is 3.56. The molecule has 0 spiro atoms. The second-order valence-corrected chi connectivity index (χ2v) is 1.55. The summed E-state index contributed by atoms with van der Waals surface area (Å²) in [6, 6.07) is 0. The number of aldehydes is 1. The van der Waals surface area contributed by atoms with Crippen LogP contribution in [0.5, 0.6) is 0 Å². The summed E-state index contributed by atoms with van der Waals surface area (Å²) in [4.78, 5) is 9.68. The Morgan fingerprint density at radius 1 is 1.75 bits per heavy atom. The number of aliphatic hydroxyl groups excluding tert-OH is 1. The summed E-state index contributed by atoms with van der Waals surface area (Å²) in [5, 5.41) is 8.71. The molecule has 0 bridgehead atoms. The summed E-state index contributed by atoms with van der Waals surface area (Å²) >= 11 is 0. The topological polar surface area (TPSA) is 37.3 Å². The fraction of sp³-hybridized carbons (Fsp3) is 0.500. The molecule has 0 saturated carbocycles. The Balaban J connectivity index is 3.09. The lowest BCUT2D eigenvalue weighted by Gasteiger charge is -1.97. The minimum absolute atomic E-state index is 0.410. The van der Waals surface area contributed by atoms with Crippen molar-refractivity contribution in [3.63, 3.8) is 0 Å². The summed E-state index contributed by atoms with van der Waals surface area (Å²) in [5.74, 6) is 0. The van der Waals surface area contributed by atoms with E-state index in [0.29, 0.717) is 12.8 Å². The van der Waals surface area contributed by atoms with E-state index in [-0.39, 0.29) is 0 Å². The number of aliphatic hydroxyl groups is 1. The Morgan fingerprint density at radius 3 is 2.75 bits per heavy atom. The Morgan fingerprint density at radius 2 is 2.38 bits per heavy atom. The van der Waals surface area contributed by atoms with Crippen LogP contribution in [0.15, 0.2) is 12.7 Å². The fourth-order valence-electron chi connectivity index (χ4n) is 0.357. The smallest absolute Gasteiger partial charge is 0.120 e. The summed E-state index contributed by atoms with van der Waals surface area (Å²) in [6.07, 6.45) is 2.59. The first kappa shape index (κ1) is 7.37. The monoisotopic (exact) mass is 114 g/mol. The molecule has 1 atom stereocenters. The minimum Gasteiger partial charge on any atom is -0.389 e. The van der Waals surface area contributed by atoms with E-state index in [2.05, 4.69) is 6.58 Å². The lowest BCUT2D eigenvalue weighted by atomic mass is 10.2. The van der Waals surface area contributed by atoms with Crippen LogP contribution in [-0.4, -0.2) is 17.5 Å². The highest BCUT2D eigenvalue weighted by molar-refractivity contribution is 5.49. The van der Waals surface area contributed by atoms with Crippen molar-refractivity contribution in [3.05, 3.63) is 12.7 Å². The van der Waals surface area contributed by atoms with E-state index in [1.165, 1.54) is 6.08 Å². The van der Waals surface area contributed by atoms with Crippen molar-refractivity contribution in [2.75, 3.05) is 0 Å². The van der Waals surface area contributed by atoms with Crippen LogP contribution in [0.25, 0.3) is 0 Å². The third-order valence-electron chi connectivity index (χ3n) is 0.852. The highest BCUT2D eigenvalue weighted by Gasteiger charge is 1.93. The molecule has 0 aromatic rings. The van der Waals surface area contributed by atoms with E-state index in [1.54, 1.807) is 0 Å². The third-order valence-corrected chi connectivity index (χ3v) is 0.852. The Hall–Kier alpha value is -0.630. The highest BCUT2D eigenvalue weighted by atomic mass is 16.3. The summed E-state index contributed by atoms with van der Waals surface area (Å²) in [7, 11) is 0. The highest BCUT2D eigenvalue weighted by Crippen LogP contribution is 1.93. The maximum Gasteiger partial charge on any atom is 0.120 e. The van der Waals surface area contributed by atoms with E-state index < -0.39 is 6.10 Å². The Bertz CT molecular complexity index is 78.6. The van der Waals surface area contributed by atoms with Crippen LogP contribution >= 0.6 is 0 Å². The molecule has 0 fully saturated rings. The molecule has 2 nitrogen and oxygen atoms in total. The van der Waals surface area contributed by atoms with E-state index >= 15 is 0 Å². The lowest BCUT2D eigenvalue weighted by Crippen LogP contribution is -2.00. The molecule has 0 rings (SSSR count). The summed E-state index contributed by atoms with van der Waals surface area (Å²) in [5.41, 5.74) is 0. The van der Waals surface area contributed by atoms with Gasteiger partial charge >= 0.3 is 0 Å². The van der Waals surface area contributed by atoms with Gasteiger partial charge in [0, 0.05) is 6.42 Å². The van der Waals surface area contributed by atoms with Crippen LogP contribution in [-0.2, 0) is 4.79 Å². The van der Waals surface area contributed by atoms with Gasteiger partial charge in [-0.3, -0.25) is 0 Å². The molecule has 0 saturated heterocycles. The van der Waals surface area contributed by atoms with Crippen molar-refractivity contribution >= 4 is 6.29 Å². The maximum atomic E-state index is 9.68. The number of hydrogen-bond donors (Lipinski definition) is 1. The molecule has 0 aromatic carbocycles. The molecule has 0 amide bonds. The van der Waals surface area contributed by atoms with Crippen LogP contribution in [0.3, 0.4) is 0 Å². The zero-order valence-electron chi connectivity index (χ0n) is 4.71. The molecular weight excluding hydrogens is 104 g/mol. The average Bonchev–Trinajstić information content (AvgIpc) is 1.83. The van der Waals surface area contributed by atoms with Crippen molar-refractivity contribution in [2.45, 2.75) is 18.9 Å². The van der Waals surface area contributed by atoms with Crippen LogP contribution < -0.4 is 0 Å². The Kier molecular flexibility index (Phi) is 4.17. The van der Waals surface area contributed by atoms with Gasteiger partial charge in [-0.1, -0.05) is 6.08 Å². The van der Waals surface area contributed by atoms with Crippen molar-refractivity contribution < 1.29 is 9.90 Å². The zero-order valence-corrected chi connectivity index (χ0v) is 4.71. The number of carbonyl (C=O) groups is 1. The molecule has 0 aliphatic heterocycles. The molecule has 0 heterocycles. The maximum absolute atomic E-state index is 9.68. The summed E-state index contributed by atoms with van der Waals surface area (Å²) < 4.78 is 0. The van der Waals surface area contributed by atoms with Gasteiger partial charge < -0.3 is 9.90 Å². The average molecular weight is 114 g/mol. The van der Waals surface area contributed by atoms with Gasteiger partial charge in [-0.15, -0.1) is 6.58 Å². The zero-order chi connectivity index (χ0) is 6.41. The molecule has 1 unspecified atom stereocenters. The lowest BCUT2D eigenvalue weighted by molar-refractivity contribution is -0.108. The van der Waals surface area contributed by atoms with Gasteiger partial charge in [0.25, 0.3) is 0 Å². The van der Waals surface area contributed by atoms with Crippen LogP contribution in [0.2, 0.25) is 0 Å². The van der Waals surface area contributed by atoms with Crippen LogP contribution in [0.1, 0.15) is 12.8 Å². The number of carbonyl (C=O) groups excluding carboxylic acids is 1. The first-order chi connectivity index (χ1) is 3.81. The van der Waals surface area contributed by atoms with Gasteiger partial charge in [0.15, 0.2) is 0 Å². The second-order valence-electron chi connectivity index (χ2n) is 1.55. The molecule has 8 heavy (non-hydrogen) atoms. The van der Waals surface area contributed by atoms with Gasteiger partial charge in [0.2, 0.25) is 0 Å². The van der Waals surface area contributed by atoms with Crippen LogP contribution in [0, 0.1) is 0 Å². The first-order valence-corrected chi connectivity index (χ1v) is 2.55. The van der Waals surface area contributed by atoms with E-state index in [1.807, 2.05) is 0 Å². The predicted octanol–water partition coefficient (Wildman–Crippen LogP) is 0.512. The molecule has 0 aromatic heterocycles. The quantitative estimate of drug-likeness (QED) is 0.427. The van der Waals surface area contributed by atoms with Crippen molar-refractivity contribution in [1.82, 2.24) is 0 Å². The van der Waals surface area contributed by atoms with Crippen molar-refractivity contribution in [1.29, 1.82) is 0 Å². The molecule has 2 heteroatoms. The van der Waals surface area contributed by atoms with Gasteiger partial charge in [-0.25, -0.2) is 0 Å². The predicted molar refractivity (Wildman–Crippen MR) is 31.5 cm³/mol. The van der Waals surface area contributed by atoms with Crippen molar-refractivity contribution in [3.8, 4) is 0 Å². The number of rotatable bonds is 4. The van der Waals surface area contributed by atoms with E-state index in [4.69, 9.17) is 5.11 Å². The van der Waals surface area contributed by atoms with Crippen molar-refractivity contribution in [2.24, 2.45) is 0 Å².